The van der Waals surface area contributed by atoms with E-state index in [1.165, 1.54) is 0 Å². The van der Waals surface area contributed by atoms with Gasteiger partial charge in [0.1, 0.15) is 12.2 Å². The number of ether oxygens (including phenoxy) is 1. The number of para-hydroxylation sites is 1. The normalized spacial score (nSPS) is 21.1. The van der Waals surface area contributed by atoms with Gasteiger partial charge in [-0.3, -0.25) is 0 Å². The molecule has 0 unspecified atom stereocenters. The molecule has 88 valence electrons. The van der Waals surface area contributed by atoms with Crippen LogP contribution in [0, 0.1) is 0 Å². The van der Waals surface area contributed by atoms with Crippen LogP contribution in [0.15, 0.2) is 59.6 Å². The highest BCUT2D eigenvalue weighted by atomic mass is 16.6. The first-order chi connectivity index (χ1) is 8.90. The average Bonchev–Trinajstić information content (AvgIpc) is 3.21. The number of benzene rings is 2. The largest absolute Gasteiger partial charge is 0.359 e. The second-order valence-corrected chi connectivity index (χ2v) is 4.15. The van der Waals surface area contributed by atoms with Crippen molar-refractivity contribution in [3.8, 4) is 0 Å². The second kappa shape index (κ2) is 4.57. The molecule has 1 aliphatic heterocycles. The third-order valence-corrected chi connectivity index (χ3v) is 3.03. The molecule has 3 rings (SSSR count). The Labute approximate surface area is 105 Å². The van der Waals surface area contributed by atoms with Crippen molar-refractivity contribution in [2.24, 2.45) is 4.99 Å². The van der Waals surface area contributed by atoms with E-state index in [4.69, 9.17) is 4.74 Å². The topological polar surface area (TPSA) is 42.0 Å². The maximum absolute atomic E-state index is 10.4. The summed E-state index contributed by atoms with van der Waals surface area (Å²) < 4.78 is 5.69. The molecule has 3 heteroatoms. The van der Waals surface area contributed by atoms with Gasteiger partial charge in [-0.25, -0.2) is 4.79 Å². The lowest BCUT2D eigenvalue weighted by Gasteiger charge is -2.00. The zero-order valence-electron chi connectivity index (χ0n) is 9.61. The van der Waals surface area contributed by atoms with E-state index in [-0.39, 0.29) is 12.2 Å². The number of nitrogens with zero attached hydrogens (tertiary/aromatic N) is 1. The summed E-state index contributed by atoms with van der Waals surface area (Å²) >= 11 is 0. The molecule has 0 spiro atoms. The van der Waals surface area contributed by atoms with Gasteiger partial charge in [0.25, 0.3) is 0 Å². The summed E-state index contributed by atoms with van der Waals surface area (Å²) in [6.07, 6.45) is 1.63. The quantitative estimate of drug-likeness (QED) is 0.466. The van der Waals surface area contributed by atoms with E-state index in [9.17, 15) is 4.79 Å². The minimum atomic E-state index is -0.0132. The molecule has 18 heavy (non-hydrogen) atoms. The maximum Gasteiger partial charge on any atom is 0.240 e. The number of rotatable bonds is 3. The van der Waals surface area contributed by atoms with Crippen LogP contribution in [0.5, 0.6) is 0 Å². The number of epoxide rings is 1. The molecule has 0 amide bonds. The summed E-state index contributed by atoms with van der Waals surface area (Å²) in [5.41, 5.74) is 2.72. The van der Waals surface area contributed by atoms with E-state index in [0.717, 1.165) is 11.1 Å². The van der Waals surface area contributed by atoms with Crippen molar-refractivity contribution >= 4 is 11.8 Å². The number of hydrogen-bond donors (Lipinski definition) is 0. The van der Waals surface area contributed by atoms with Gasteiger partial charge in [0.05, 0.1) is 5.69 Å². The first kappa shape index (κ1) is 10.9. The van der Waals surface area contributed by atoms with Gasteiger partial charge in [-0.2, -0.15) is 4.99 Å². The molecule has 0 N–H and O–H groups in total. The predicted molar refractivity (Wildman–Crippen MR) is 67.2 cm³/mol. The highest BCUT2D eigenvalue weighted by molar-refractivity contribution is 5.55. The van der Waals surface area contributed by atoms with Gasteiger partial charge in [0, 0.05) is 5.56 Å². The smallest absolute Gasteiger partial charge is 0.240 e. The van der Waals surface area contributed by atoms with E-state index < -0.39 is 0 Å². The fourth-order valence-electron chi connectivity index (χ4n) is 2.12. The fourth-order valence-corrected chi connectivity index (χ4v) is 2.12. The summed E-state index contributed by atoms with van der Waals surface area (Å²) in [5.74, 6) is 0. The van der Waals surface area contributed by atoms with Crippen LogP contribution in [0.1, 0.15) is 23.3 Å². The molecule has 2 atom stereocenters. The monoisotopic (exact) mass is 237 g/mol. The summed E-state index contributed by atoms with van der Waals surface area (Å²) in [4.78, 5) is 14.1. The molecule has 0 radical (unpaired) electrons. The molecular formula is C15H11NO2. The van der Waals surface area contributed by atoms with Crippen LogP contribution in [0.3, 0.4) is 0 Å². The summed E-state index contributed by atoms with van der Waals surface area (Å²) in [7, 11) is 0. The van der Waals surface area contributed by atoms with Crippen molar-refractivity contribution in [1.82, 2.24) is 0 Å². The fraction of sp³-hybridized carbons (Fsp3) is 0.133. The van der Waals surface area contributed by atoms with Crippen LogP contribution in [-0.4, -0.2) is 6.08 Å². The minimum Gasteiger partial charge on any atom is -0.359 e. The summed E-state index contributed by atoms with van der Waals surface area (Å²) in [5, 5.41) is 0. The Bertz CT molecular complexity index is 603. The van der Waals surface area contributed by atoms with E-state index in [0.29, 0.717) is 5.69 Å². The number of isocyanates is 1. The molecule has 1 fully saturated rings. The Morgan fingerprint density at radius 2 is 1.67 bits per heavy atom. The van der Waals surface area contributed by atoms with E-state index in [2.05, 4.69) is 4.99 Å². The van der Waals surface area contributed by atoms with Crippen molar-refractivity contribution in [1.29, 1.82) is 0 Å². The standard InChI is InChI=1S/C15H11NO2/c17-10-16-13-9-5-4-8-12(13)15-14(18-15)11-6-2-1-3-7-11/h1-9,14-15H/t14-,15+/m0/s1. The number of carbonyl (C=O) groups excluding carboxylic acids is 1. The SMILES string of the molecule is O=C=Nc1ccccc1[C@H]1O[C@H]1c1ccccc1. The molecule has 0 aliphatic carbocycles. The molecule has 1 saturated heterocycles. The van der Waals surface area contributed by atoms with Crippen molar-refractivity contribution in [2.45, 2.75) is 12.2 Å². The zero-order chi connectivity index (χ0) is 12.4. The molecule has 1 heterocycles. The Kier molecular flexibility index (Phi) is 2.77. The zero-order valence-corrected chi connectivity index (χ0v) is 9.61. The van der Waals surface area contributed by atoms with Crippen molar-refractivity contribution < 1.29 is 9.53 Å². The Morgan fingerprint density at radius 1 is 0.944 bits per heavy atom. The summed E-state index contributed by atoms with van der Waals surface area (Å²) in [6.45, 7) is 0. The molecule has 0 bridgehead atoms. The minimum absolute atomic E-state index is 0.0132. The maximum atomic E-state index is 10.4. The molecule has 2 aromatic carbocycles. The first-order valence-corrected chi connectivity index (χ1v) is 5.77. The van der Waals surface area contributed by atoms with E-state index in [1.807, 2.05) is 48.5 Å². The number of hydrogen-bond acceptors (Lipinski definition) is 3. The van der Waals surface area contributed by atoms with Gasteiger partial charge in [-0.1, -0.05) is 48.5 Å². The average molecular weight is 237 g/mol. The van der Waals surface area contributed by atoms with Crippen molar-refractivity contribution in [3.63, 3.8) is 0 Å². The molecule has 0 aromatic heterocycles. The Balaban J connectivity index is 1.89. The van der Waals surface area contributed by atoms with Crippen LogP contribution >= 0.6 is 0 Å². The van der Waals surface area contributed by atoms with Crippen LogP contribution in [0.25, 0.3) is 0 Å². The van der Waals surface area contributed by atoms with Crippen molar-refractivity contribution in [2.75, 3.05) is 0 Å². The van der Waals surface area contributed by atoms with Crippen LogP contribution in [0.2, 0.25) is 0 Å². The lowest BCUT2D eigenvalue weighted by Crippen LogP contribution is -1.85. The molecule has 3 nitrogen and oxygen atoms in total. The molecule has 0 saturated carbocycles. The van der Waals surface area contributed by atoms with Gasteiger partial charge in [-0.15, -0.1) is 0 Å². The van der Waals surface area contributed by atoms with Gasteiger partial charge < -0.3 is 4.74 Å². The Hall–Kier alpha value is -2.22. The Morgan fingerprint density at radius 3 is 2.44 bits per heavy atom. The van der Waals surface area contributed by atoms with Gasteiger partial charge in [-0.05, 0) is 11.6 Å². The first-order valence-electron chi connectivity index (χ1n) is 5.77. The lowest BCUT2D eigenvalue weighted by molar-refractivity contribution is 0.378. The number of aliphatic imine (C=N–C) groups is 1. The molecular weight excluding hydrogens is 226 g/mol. The third-order valence-electron chi connectivity index (χ3n) is 3.03. The second-order valence-electron chi connectivity index (χ2n) is 4.15. The molecule has 1 aliphatic rings. The third kappa shape index (κ3) is 1.97. The summed E-state index contributed by atoms with van der Waals surface area (Å²) in [6, 6.07) is 17.5. The van der Waals surface area contributed by atoms with Crippen LogP contribution in [0.4, 0.5) is 5.69 Å². The van der Waals surface area contributed by atoms with Crippen LogP contribution in [-0.2, 0) is 9.53 Å². The van der Waals surface area contributed by atoms with E-state index in [1.54, 1.807) is 12.1 Å². The van der Waals surface area contributed by atoms with Crippen LogP contribution < -0.4 is 0 Å². The highest BCUT2D eigenvalue weighted by Crippen LogP contribution is 2.52. The van der Waals surface area contributed by atoms with Gasteiger partial charge in [0.2, 0.25) is 6.08 Å². The lowest BCUT2D eigenvalue weighted by atomic mass is 10.0. The highest BCUT2D eigenvalue weighted by Gasteiger charge is 2.42. The van der Waals surface area contributed by atoms with E-state index >= 15 is 0 Å². The predicted octanol–water partition coefficient (Wildman–Crippen LogP) is 3.47. The van der Waals surface area contributed by atoms with Gasteiger partial charge in [0.15, 0.2) is 0 Å². The molecule has 2 aromatic rings. The van der Waals surface area contributed by atoms with Crippen molar-refractivity contribution in [3.05, 3.63) is 65.7 Å². The van der Waals surface area contributed by atoms with Gasteiger partial charge >= 0.3 is 0 Å².